The number of carbonyl (C=O) groups is 1. The van der Waals surface area contributed by atoms with Gasteiger partial charge in [0.05, 0.1) is 0 Å². The third-order valence-corrected chi connectivity index (χ3v) is 5.99. The van der Waals surface area contributed by atoms with Gasteiger partial charge in [-0.05, 0) is 78.4 Å². The van der Waals surface area contributed by atoms with Crippen LogP contribution in [0.4, 0.5) is 0 Å². The molecule has 0 aromatic heterocycles. The van der Waals surface area contributed by atoms with Crippen LogP contribution in [-0.2, 0) is 19.3 Å². The molecule has 0 aliphatic carbocycles. The molecule has 6 heteroatoms. The number of phenolic OH excluding ortho intramolecular Hbond substituents is 5. The summed E-state index contributed by atoms with van der Waals surface area (Å²) in [6, 6.07) is 4.21. The molecule has 194 valence electrons. The molecule has 2 aromatic carbocycles. The van der Waals surface area contributed by atoms with Crippen LogP contribution in [0.2, 0.25) is 0 Å². The molecule has 0 aliphatic heterocycles. The van der Waals surface area contributed by atoms with Gasteiger partial charge in [-0.3, -0.25) is 4.79 Å². The second-order valence-electron chi connectivity index (χ2n) is 9.72. The van der Waals surface area contributed by atoms with E-state index in [1.807, 2.05) is 46.8 Å². The molecule has 0 atom stereocenters. The van der Waals surface area contributed by atoms with E-state index in [4.69, 9.17) is 0 Å². The number of rotatable bonds is 11. The topological polar surface area (TPSA) is 118 Å². The summed E-state index contributed by atoms with van der Waals surface area (Å²) >= 11 is 0. The number of ketones is 1. The molecular formula is C30H38O6. The summed E-state index contributed by atoms with van der Waals surface area (Å²) in [6.07, 6.45) is 8.54. The van der Waals surface area contributed by atoms with Gasteiger partial charge in [0.15, 0.2) is 17.3 Å². The summed E-state index contributed by atoms with van der Waals surface area (Å²) in [4.78, 5) is 13.0. The van der Waals surface area contributed by atoms with E-state index < -0.39 is 17.3 Å². The Labute approximate surface area is 213 Å². The first kappa shape index (κ1) is 28.6. The number of phenols is 5. The van der Waals surface area contributed by atoms with Crippen LogP contribution in [0.25, 0.3) is 0 Å². The maximum absolute atomic E-state index is 13.0. The number of allylic oxidation sites excluding steroid dienone is 6. The molecule has 0 heterocycles. The predicted octanol–water partition coefficient (Wildman–Crippen LogP) is 6.77. The molecular weight excluding hydrogens is 456 g/mol. The van der Waals surface area contributed by atoms with Crippen molar-refractivity contribution >= 4 is 5.78 Å². The third-order valence-electron chi connectivity index (χ3n) is 5.99. The number of benzene rings is 2. The highest BCUT2D eigenvalue weighted by Gasteiger charge is 2.22. The first-order valence-electron chi connectivity index (χ1n) is 12.2. The van der Waals surface area contributed by atoms with Gasteiger partial charge in [0.1, 0.15) is 22.8 Å². The minimum atomic E-state index is -0.492. The van der Waals surface area contributed by atoms with E-state index in [2.05, 4.69) is 6.08 Å². The molecule has 0 radical (unpaired) electrons. The van der Waals surface area contributed by atoms with Gasteiger partial charge in [-0.1, -0.05) is 41.0 Å². The van der Waals surface area contributed by atoms with Gasteiger partial charge in [-0.15, -0.1) is 0 Å². The molecule has 2 aromatic rings. The van der Waals surface area contributed by atoms with Gasteiger partial charge in [0, 0.05) is 23.6 Å². The molecule has 0 spiro atoms. The van der Waals surface area contributed by atoms with Crippen LogP contribution in [0.3, 0.4) is 0 Å². The fourth-order valence-corrected chi connectivity index (χ4v) is 3.86. The number of carbonyl (C=O) groups excluding carboxylic acids is 1. The minimum Gasteiger partial charge on any atom is -0.507 e. The molecule has 5 N–H and O–H groups in total. The molecule has 0 saturated heterocycles. The van der Waals surface area contributed by atoms with E-state index in [1.165, 1.54) is 11.6 Å². The van der Waals surface area contributed by atoms with Crippen LogP contribution in [0, 0.1) is 0 Å². The largest absolute Gasteiger partial charge is 0.507 e. The number of aryl methyl sites for hydroxylation is 1. The van der Waals surface area contributed by atoms with Gasteiger partial charge in [0.2, 0.25) is 0 Å². The van der Waals surface area contributed by atoms with Gasteiger partial charge in [0.25, 0.3) is 0 Å². The Balaban J connectivity index is 2.22. The average molecular weight is 495 g/mol. The number of aromatic hydroxyl groups is 5. The predicted molar refractivity (Wildman–Crippen MR) is 143 cm³/mol. The fourth-order valence-electron chi connectivity index (χ4n) is 3.86. The smallest absolute Gasteiger partial charge is 0.170 e. The molecule has 6 nitrogen and oxygen atoms in total. The van der Waals surface area contributed by atoms with E-state index >= 15 is 0 Å². The lowest BCUT2D eigenvalue weighted by molar-refractivity contribution is 0.0977. The number of hydrogen-bond acceptors (Lipinski definition) is 6. The second-order valence-corrected chi connectivity index (χ2v) is 9.72. The van der Waals surface area contributed by atoms with Crippen molar-refractivity contribution in [3.63, 3.8) is 0 Å². The normalized spacial score (nSPS) is 11.3. The van der Waals surface area contributed by atoms with Crippen LogP contribution >= 0.6 is 0 Å². The van der Waals surface area contributed by atoms with Crippen LogP contribution < -0.4 is 0 Å². The number of Topliss-reactive ketones (excluding diaryl/α,β-unsaturated/α-hetero) is 1. The maximum Gasteiger partial charge on any atom is 0.170 e. The summed E-state index contributed by atoms with van der Waals surface area (Å²) in [5.41, 5.74) is 4.54. The standard InChI is InChI=1S/C30H38O6/c1-18(2)7-6-8-20(5)10-13-23-25(32)17-26(33)28(30(23)36)24(31)14-11-21-15-22(12-9-19(3)4)29(35)27(34)16-21/h7,9-10,15-17,32-36H,6,8,11-14H2,1-5H3/b20-10+. The van der Waals surface area contributed by atoms with Crippen LogP contribution in [0.1, 0.15) is 80.9 Å². The van der Waals surface area contributed by atoms with E-state index in [-0.39, 0.29) is 47.6 Å². The van der Waals surface area contributed by atoms with Crippen LogP contribution in [0.15, 0.2) is 53.1 Å². The van der Waals surface area contributed by atoms with Gasteiger partial charge >= 0.3 is 0 Å². The van der Waals surface area contributed by atoms with Gasteiger partial charge < -0.3 is 25.5 Å². The molecule has 2 rings (SSSR count). The zero-order valence-electron chi connectivity index (χ0n) is 21.9. The summed E-state index contributed by atoms with van der Waals surface area (Å²) < 4.78 is 0. The monoisotopic (exact) mass is 494 g/mol. The Hall–Kier alpha value is -3.67. The van der Waals surface area contributed by atoms with Crippen molar-refractivity contribution in [2.24, 2.45) is 0 Å². The van der Waals surface area contributed by atoms with Gasteiger partial charge in [-0.2, -0.15) is 0 Å². The second kappa shape index (κ2) is 12.9. The SMILES string of the molecule is CC(C)=CCC/C(C)=C/Cc1c(O)cc(O)c(C(=O)CCc2cc(O)c(O)c(CC=C(C)C)c2)c1O. The highest BCUT2D eigenvalue weighted by atomic mass is 16.3. The average Bonchev–Trinajstić information content (AvgIpc) is 2.78. The Bertz CT molecular complexity index is 1190. The molecule has 0 amide bonds. The quantitative estimate of drug-likeness (QED) is 0.134. The Morgan fingerprint density at radius 3 is 2.03 bits per heavy atom. The summed E-state index contributed by atoms with van der Waals surface area (Å²) in [6.45, 7) is 9.92. The van der Waals surface area contributed by atoms with Gasteiger partial charge in [-0.25, -0.2) is 0 Å². The Morgan fingerprint density at radius 2 is 1.39 bits per heavy atom. The van der Waals surface area contributed by atoms with Crippen molar-refractivity contribution in [1.82, 2.24) is 0 Å². The van der Waals surface area contributed by atoms with E-state index in [0.29, 0.717) is 17.5 Å². The summed E-state index contributed by atoms with van der Waals surface area (Å²) in [5.74, 6) is -2.13. The van der Waals surface area contributed by atoms with Crippen molar-refractivity contribution in [2.45, 2.75) is 73.1 Å². The van der Waals surface area contributed by atoms with Crippen molar-refractivity contribution in [3.8, 4) is 28.7 Å². The van der Waals surface area contributed by atoms with Crippen molar-refractivity contribution < 1.29 is 30.3 Å². The molecule has 0 unspecified atom stereocenters. The van der Waals surface area contributed by atoms with Crippen molar-refractivity contribution in [2.75, 3.05) is 0 Å². The Kier molecular flexibility index (Phi) is 10.2. The first-order chi connectivity index (χ1) is 16.9. The first-order valence-corrected chi connectivity index (χ1v) is 12.2. The summed E-state index contributed by atoms with van der Waals surface area (Å²) in [5, 5.41) is 51.6. The number of hydrogen-bond donors (Lipinski definition) is 5. The maximum atomic E-state index is 13.0. The van der Waals surface area contributed by atoms with Crippen molar-refractivity contribution in [3.05, 3.63) is 75.4 Å². The van der Waals surface area contributed by atoms with E-state index in [0.717, 1.165) is 30.1 Å². The third kappa shape index (κ3) is 7.94. The molecule has 0 bridgehead atoms. The lowest BCUT2D eigenvalue weighted by Crippen LogP contribution is -2.04. The molecule has 0 aliphatic rings. The van der Waals surface area contributed by atoms with Crippen LogP contribution in [-0.4, -0.2) is 31.3 Å². The highest BCUT2D eigenvalue weighted by molar-refractivity contribution is 6.02. The molecule has 36 heavy (non-hydrogen) atoms. The lowest BCUT2D eigenvalue weighted by atomic mass is 9.95. The zero-order chi connectivity index (χ0) is 27.0. The molecule has 0 fully saturated rings. The highest BCUT2D eigenvalue weighted by Crippen LogP contribution is 2.39. The van der Waals surface area contributed by atoms with Crippen LogP contribution in [0.5, 0.6) is 28.7 Å². The Morgan fingerprint density at radius 1 is 0.722 bits per heavy atom. The van der Waals surface area contributed by atoms with E-state index in [9.17, 15) is 30.3 Å². The molecule has 0 saturated carbocycles. The zero-order valence-corrected chi connectivity index (χ0v) is 21.9. The summed E-state index contributed by atoms with van der Waals surface area (Å²) in [7, 11) is 0. The minimum absolute atomic E-state index is 0.0464. The van der Waals surface area contributed by atoms with Crippen molar-refractivity contribution in [1.29, 1.82) is 0 Å². The fraction of sp³-hybridized carbons (Fsp3) is 0.367. The lowest BCUT2D eigenvalue weighted by Gasteiger charge is -2.13. The van der Waals surface area contributed by atoms with E-state index in [1.54, 1.807) is 6.07 Å².